The first-order valence-corrected chi connectivity index (χ1v) is 8.58. The third kappa shape index (κ3) is 3.97. The molecule has 2 heterocycles. The number of likely N-dealkylation sites (tertiary alicyclic amines) is 1. The molecule has 0 aliphatic carbocycles. The van der Waals surface area contributed by atoms with E-state index in [0.717, 1.165) is 47.7 Å². The van der Waals surface area contributed by atoms with Gasteiger partial charge in [-0.15, -0.1) is 0 Å². The summed E-state index contributed by atoms with van der Waals surface area (Å²) in [4.78, 5) is 2.26. The van der Waals surface area contributed by atoms with Gasteiger partial charge in [-0.3, -0.25) is 4.90 Å². The molecule has 0 spiro atoms. The lowest BCUT2D eigenvalue weighted by Gasteiger charge is -2.25. The van der Waals surface area contributed by atoms with E-state index < -0.39 is 6.10 Å². The molecule has 0 unspecified atom stereocenters. The minimum Gasteiger partial charge on any atom is -0.491 e. The molecular formula is C19H26N2O3. The number of aryl methyl sites for hydroxylation is 3. The number of ether oxygens (including phenoxy) is 1. The molecule has 0 amide bonds. The first-order chi connectivity index (χ1) is 11.5. The van der Waals surface area contributed by atoms with E-state index in [-0.39, 0.29) is 6.04 Å². The number of hydrogen-bond donors (Lipinski definition) is 1. The summed E-state index contributed by atoms with van der Waals surface area (Å²) < 4.78 is 11.2. The highest BCUT2D eigenvalue weighted by Crippen LogP contribution is 2.32. The summed E-state index contributed by atoms with van der Waals surface area (Å²) in [6.07, 6.45) is 1.61. The second kappa shape index (κ2) is 7.36. The van der Waals surface area contributed by atoms with Crippen molar-refractivity contribution in [2.75, 3.05) is 19.7 Å². The van der Waals surface area contributed by atoms with Gasteiger partial charge in [0, 0.05) is 12.6 Å². The third-order valence-corrected chi connectivity index (χ3v) is 4.56. The van der Waals surface area contributed by atoms with E-state index in [9.17, 15) is 5.11 Å². The van der Waals surface area contributed by atoms with Gasteiger partial charge < -0.3 is 14.4 Å². The number of nitrogens with zero attached hydrogens (tertiary/aromatic N) is 2. The van der Waals surface area contributed by atoms with Gasteiger partial charge in [-0.25, -0.2) is 0 Å². The first kappa shape index (κ1) is 17.0. The van der Waals surface area contributed by atoms with E-state index >= 15 is 0 Å². The first-order valence-electron chi connectivity index (χ1n) is 8.58. The Morgan fingerprint density at radius 3 is 2.92 bits per heavy atom. The summed E-state index contributed by atoms with van der Waals surface area (Å²) in [6.45, 7) is 7.82. The van der Waals surface area contributed by atoms with Crippen molar-refractivity contribution in [1.82, 2.24) is 10.1 Å². The molecule has 1 saturated heterocycles. The molecule has 1 aliphatic rings. The summed E-state index contributed by atoms with van der Waals surface area (Å²) >= 11 is 0. The minimum absolute atomic E-state index is 0.210. The van der Waals surface area contributed by atoms with Crippen LogP contribution >= 0.6 is 0 Å². The Bertz CT molecular complexity index is 683. The molecule has 0 radical (unpaired) electrons. The fourth-order valence-electron chi connectivity index (χ4n) is 3.28. The van der Waals surface area contributed by atoms with Crippen molar-refractivity contribution in [1.29, 1.82) is 0 Å². The molecule has 5 nitrogen and oxygen atoms in total. The van der Waals surface area contributed by atoms with E-state index in [4.69, 9.17) is 9.26 Å². The Kier molecular flexibility index (Phi) is 5.21. The SMILES string of the molecule is Cc1ccc(C)c(OC[C@@H](O)CN2CCC[C@H]2c2cc(C)no2)c1. The average Bonchev–Trinajstić information content (AvgIpc) is 3.17. The van der Waals surface area contributed by atoms with Crippen molar-refractivity contribution in [2.24, 2.45) is 0 Å². The van der Waals surface area contributed by atoms with Gasteiger partial charge in [0.25, 0.3) is 0 Å². The van der Waals surface area contributed by atoms with Gasteiger partial charge in [-0.1, -0.05) is 17.3 Å². The molecule has 3 rings (SSSR count). The van der Waals surface area contributed by atoms with Crippen LogP contribution in [-0.4, -0.2) is 41.0 Å². The monoisotopic (exact) mass is 330 g/mol. The molecule has 1 fully saturated rings. The fraction of sp³-hybridized carbons (Fsp3) is 0.526. The van der Waals surface area contributed by atoms with E-state index in [0.29, 0.717) is 13.2 Å². The zero-order valence-corrected chi connectivity index (χ0v) is 14.7. The van der Waals surface area contributed by atoms with Crippen molar-refractivity contribution < 1.29 is 14.4 Å². The van der Waals surface area contributed by atoms with Crippen LogP contribution in [0.4, 0.5) is 0 Å². The Morgan fingerprint density at radius 1 is 1.33 bits per heavy atom. The number of benzene rings is 1. The maximum atomic E-state index is 10.4. The minimum atomic E-state index is -0.533. The maximum absolute atomic E-state index is 10.4. The summed E-state index contributed by atoms with van der Waals surface area (Å²) in [5, 5.41) is 14.4. The molecule has 24 heavy (non-hydrogen) atoms. The number of hydrogen-bond acceptors (Lipinski definition) is 5. The molecule has 2 aromatic rings. The van der Waals surface area contributed by atoms with Crippen LogP contribution in [0.2, 0.25) is 0 Å². The zero-order valence-electron chi connectivity index (χ0n) is 14.7. The van der Waals surface area contributed by atoms with E-state index in [1.807, 2.05) is 39.0 Å². The van der Waals surface area contributed by atoms with Crippen LogP contribution in [0, 0.1) is 20.8 Å². The standard InChI is InChI=1S/C19H26N2O3/c1-13-6-7-14(2)18(9-13)23-12-16(22)11-21-8-4-5-17(21)19-10-15(3)20-24-19/h6-7,9-10,16-17,22H,4-5,8,11-12H2,1-3H3/t16-,17-/m0/s1. The van der Waals surface area contributed by atoms with Crippen LogP contribution in [0.5, 0.6) is 5.75 Å². The lowest BCUT2D eigenvalue weighted by Crippen LogP contribution is -2.35. The topological polar surface area (TPSA) is 58.7 Å². The van der Waals surface area contributed by atoms with Crippen molar-refractivity contribution in [3.8, 4) is 5.75 Å². The molecular weight excluding hydrogens is 304 g/mol. The predicted octanol–water partition coefficient (Wildman–Crippen LogP) is 3.18. The third-order valence-electron chi connectivity index (χ3n) is 4.56. The van der Waals surface area contributed by atoms with Crippen molar-refractivity contribution in [2.45, 2.75) is 45.8 Å². The van der Waals surface area contributed by atoms with Crippen molar-refractivity contribution in [3.05, 3.63) is 46.8 Å². The highest BCUT2D eigenvalue weighted by Gasteiger charge is 2.30. The van der Waals surface area contributed by atoms with Crippen LogP contribution in [0.25, 0.3) is 0 Å². The van der Waals surface area contributed by atoms with Gasteiger partial charge >= 0.3 is 0 Å². The normalized spacial score (nSPS) is 19.6. The molecule has 130 valence electrons. The fourth-order valence-corrected chi connectivity index (χ4v) is 3.28. The van der Waals surface area contributed by atoms with Crippen molar-refractivity contribution in [3.63, 3.8) is 0 Å². The Labute approximate surface area is 143 Å². The summed E-state index contributed by atoms with van der Waals surface area (Å²) in [5.41, 5.74) is 3.14. The molecule has 0 bridgehead atoms. The van der Waals surface area contributed by atoms with E-state index in [2.05, 4.69) is 16.1 Å². The van der Waals surface area contributed by atoms with Gasteiger partial charge in [0.15, 0.2) is 5.76 Å². The highest BCUT2D eigenvalue weighted by molar-refractivity contribution is 5.35. The largest absolute Gasteiger partial charge is 0.491 e. The smallest absolute Gasteiger partial charge is 0.154 e. The summed E-state index contributed by atoms with van der Waals surface area (Å²) in [5.74, 6) is 1.74. The quantitative estimate of drug-likeness (QED) is 0.881. The van der Waals surface area contributed by atoms with Crippen LogP contribution in [0.1, 0.15) is 41.5 Å². The maximum Gasteiger partial charge on any atom is 0.154 e. The van der Waals surface area contributed by atoms with Crippen molar-refractivity contribution >= 4 is 0 Å². The van der Waals surface area contributed by atoms with Crippen LogP contribution < -0.4 is 4.74 Å². The molecule has 1 aliphatic heterocycles. The van der Waals surface area contributed by atoms with E-state index in [1.165, 1.54) is 0 Å². The molecule has 1 N–H and O–H groups in total. The van der Waals surface area contributed by atoms with Gasteiger partial charge in [-0.05, 0) is 57.4 Å². The lowest BCUT2D eigenvalue weighted by molar-refractivity contribution is 0.0595. The molecule has 1 aromatic carbocycles. The molecule has 0 saturated carbocycles. The summed E-state index contributed by atoms with van der Waals surface area (Å²) in [6, 6.07) is 8.31. The van der Waals surface area contributed by atoms with Gasteiger partial charge in [0.1, 0.15) is 18.5 Å². The number of aromatic nitrogens is 1. The lowest BCUT2D eigenvalue weighted by atomic mass is 10.1. The average molecular weight is 330 g/mol. The molecule has 2 atom stereocenters. The van der Waals surface area contributed by atoms with E-state index in [1.54, 1.807) is 0 Å². The van der Waals surface area contributed by atoms with Gasteiger partial charge in [-0.2, -0.15) is 0 Å². The Balaban J connectivity index is 1.56. The number of aliphatic hydroxyl groups excluding tert-OH is 1. The summed E-state index contributed by atoms with van der Waals surface area (Å²) in [7, 11) is 0. The Morgan fingerprint density at radius 2 is 2.17 bits per heavy atom. The highest BCUT2D eigenvalue weighted by atomic mass is 16.5. The number of rotatable bonds is 6. The van der Waals surface area contributed by atoms with Crippen LogP contribution in [0.3, 0.4) is 0 Å². The zero-order chi connectivity index (χ0) is 17.1. The van der Waals surface area contributed by atoms with Crippen LogP contribution in [0.15, 0.2) is 28.8 Å². The van der Waals surface area contributed by atoms with Gasteiger partial charge in [0.05, 0.1) is 11.7 Å². The second-order valence-corrected chi connectivity index (χ2v) is 6.76. The number of β-amino-alcohol motifs (C(OH)–C–C–N with tert-alkyl or cyclic N) is 1. The number of aliphatic hydroxyl groups is 1. The molecule has 1 aromatic heterocycles. The molecule has 5 heteroatoms. The second-order valence-electron chi connectivity index (χ2n) is 6.76. The van der Waals surface area contributed by atoms with Gasteiger partial charge in [0.2, 0.25) is 0 Å². The van der Waals surface area contributed by atoms with Crippen LogP contribution in [-0.2, 0) is 0 Å². The Hall–Kier alpha value is -1.85. The predicted molar refractivity (Wildman–Crippen MR) is 92.2 cm³/mol.